The summed E-state index contributed by atoms with van der Waals surface area (Å²) in [6, 6.07) is 2.65. The summed E-state index contributed by atoms with van der Waals surface area (Å²) < 4.78 is 0. The smallest absolute Gasteiger partial charge is 0.0900 e. The fourth-order valence-electron chi connectivity index (χ4n) is 2.37. The number of hydrogen-bond donors (Lipinski definition) is 1. The SMILES string of the molecule is Cc1nc2c(s1)CCCC2NCc1ccsc1. The van der Waals surface area contributed by atoms with E-state index in [0.717, 1.165) is 6.54 Å². The topological polar surface area (TPSA) is 24.9 Å². The predicted molar refractivity (Wildman–Crippen MR) is 73.7 cm³/mol. The van der Waals surface area contributed by atoms with Crippen molar-refractivity contribution in [2.45, 2.75) is 38.8 Å². The van der Waals surface area contributed by atoms with Crippen molar-refractivity contribution in [2.24, 2.45) is 0 Å². The molecule has 0 saturated carbocycles. The molecule has 2 nitrogen and oxygen atoms in total. The van der Waals surface area contributed by atoms with Crippen molar-refractivity contribution < 1.29 is 0 Å². The predicted octanol–water partition coefficient (Wildman–Crippen LogP) is 3.68. The Balaban J connectivity index is 1.72. The minimum Gasteiger partial charge on any atom is -0.304 e. The zero-order valence-corrected chi connectivity index (χ0v) is 11.5. The number of nitrogens with zero attached hydrogens (tertiary/aromatic N) is 1. The Kier molecular flexibility index (Phi) is 3.27. The van der Waals surface area contributed by atoms with Gasteiger partial charge in [0.05, 0.1) is 16.7 Å². The molecule has 0 aliphatic heterocycles. The minimum atomic E-state index is 0.462. The van der Waals surface area contributed by atoms with Crippen LogP contribution in [0.15, 0.2) is 16.8 Å². The molecule has 0 radical (unpaired) electrons. The molecule has 17 heavy (non-hydrogen) atoms. The maximum Gasteiger partial charge on any atom is 0.0900 e. The average molecular weight is 264 g/mol. The molecule has 0 aromatic carbocycles. The molecule has 3 rings (SSSR count). The molecule has 4 heteroatoms. The first-order valence-electron chi connectivity index (χ1n) is 6.03. The first-order valence-corrected chi connectivity index (χ1v) is 7.79. The lowest BCUT2D eigenvalue weighted by Gasteiger charge is -2.22. The second kappa shape index (κ2) is 4.88. The summed E-state index contributed by atoms with van der Waals surface area (Å²) in [5, 5.41) is 9.20. The van der Waals surface area contributed by atoms with Crippen LogP contribution in [0.3, 0.4) is 0 Å². The number of nitrogens with one attached hydrogen (secondary N) is 1. The first-order chi connectivity index (χ1) is 8.33. The largest absolute Gasteiger partial charge is 0.304 e. The van der Waals surface area contributed by atoms with Crippen LogP contribution in [0.4, 0.5) is 0 Å². The van der Waals surface area contributed by atoms with Gasteiger partial charge in [-0.15, -0.1) is 11.3 Å². The van der Waals surface area contributed by atoms with E-state index in [4.69, 9.17) is 4.98 Å². The molecule has 1 aliphatic carbocycles. The molecule has 0 bridgehead atoms. The number of hydrogen-bond acceptors (Lipinski definition) is 4. The summed E-state index contributed by atoms with van der Waals surface area (Å²) in [4.78, 5) is 6.19. The van der Waals surface area contributed by atoms with E-state index in [1.165, 1.54) is 40.4 Å². The molecule has 0 spiro atoms. The average Bonchev–Trinajstić information content (AvgIpc) is 2.93. The first kappa shape index (κ1) is 11.4. The van der Waals surface area contributed by atoms with Gasteiger partial charge in [-0.1, -0.05) is 0 Å². The highest BCUT2D eigenvalue weighted by Crippen LogP contribution is 2.33. The molecule has 90 valence electrons. The van der Waals surface area contributed by atoms with E-state index in [-0.39, 0.29) is 0 Å². The fourth-order valence-corrected chi connectivity index (χ4v) is 4.08. The van der Waals surface area contributed by atoms with Gasteiger partial charge in [0.2, 0.25) is 0 Å². The highest BCUT2D eigenvalue weighted by Gasteiger charge is 2.23. The van der Waals surface area contributed by atoms with Crippen LogP contribution >= 0.6 is 22.7 Å². The third-order valence-corrected chi connectivity index (χ3v) is 4.97. The molecule has 1 aliphatic rings. The molecule has 0 amide bonds. The normalized spacial score (nSPS) is 19.2. The number of fused-ring (bicyclic) bond motifs is 1. The molecule has 2 aromatic rings. The maximum atomic E-state index is 4.69. The Morgan fingerprint density at radius 3 is 3.29 bits per heavy atom. The molecule has 0 saturated heterocycles. The van der Waals surface area contributed by atoms with Crippen LogP contribution in [0.5, 0.6) is 0 Å². The van der Waals surface area contributed by atoms with E-state index in [9.17, 15) is 0 Å². The van der Waals surface area contributed by atoms with E-state index < -0.39 is 0 Å². The van der Waals surface area contributed by atoms with Crippen LogP contribution in [0.2, 0.25) is 0 Å². The van der Waals surface area contributed by atoms with Crippen molar-refractivity contribution in [1.82, 2.24) is 10.3 Å². The van der Waals surface area contributed by atoms with Gasteiger partial charge in [-0.3, -0.25) is 0 Å². The van der Waals surface area contributed by atoms with Crippen molar-refractivity contribution in [2.75, 3.05) is 0 Å². The van der Waals surface area contributed by atoms with Gasteiger partial charge in [0.1, 0.15) is 0 Å². The van der Waals surface area contributed by atoms with E-state index >= 15 is 0 Å². The molecule has 2 aromatic heterocycles. The minimum absolute atomic E-state index is 0.462. The highest BCUT2D eigenvalue weighted by molar-refractivity contribution is 7.11. The Morgan fingerprint density at radius 1 is 1.53 bits per heavy atom. The summed E-state index contributed by atoms with van der Waals surface area (Å²) in [7, 11) is 0. The van der Waals surface area contributed by atoms with Crippen molar-refractivity contribution in [3.8, 4) is 0 Å². The van der Waals surface area contributed by atoms with Crippen molar-refractivity contribution in [3.63, 3.8) is 0 Å². The molecule has 1 N–H and O–H groups in total. The summed E-state index contributed by atoms with van der Waals surface area (Å²) in [6.07, 6.45) is 3.73. The summed E-state index contributed by atoms with van der Waals surface area (Å²) >= 11 is 3.63. The van der Waals surface area contributed by atoms with Crippen molar-refractivity contribution in [1.29, 1.82) is 0 Å². The lowest BCUT2D eigenvalue weighted by molar-refractivity contribution is 0.453. The molecule has 1 atom stereocenters. The summed E-state index contributed by atoms with van der Waals surface area (Å²) in [6.45, 7) is 3.07. The monoisotopic (exact) mass is 264 g/mol. The molecule has 1 unspecified atom stereocenters. The Labute approximate surface area is 110 Å². The third-order valence-electron chi connectivity index (χ3n) is 3.19. The van der Waals surface area contributed by atoms with Gasteiger partial charge in [0.15, 0.2) is 0 Å². The molecule has 0 fully saturated rings. The number of aromatic nitrogens is 1. The van der Waals surface area contributed by atoms with Gasteiger partial charge in [0, 0.05) is 11.4 Å². The van der Waals surface area contributed by atoms with Gasteiger partial charge in [-0.05, 0) is 48.6 Å². The van der Waals surface area contributed by atoms with E-state index in [1.807, 2.05) is 11.3 Å². The van der Waals surface area contributed by atoms with Crippen molar-refractivity contribution in [3.05, 3.63) is 38.0 Å². The standard InChI is InChI=1S/C13H16N2S2/c1-9-15-13-11(3-2-4-12(13)17-9)14-7-10-5-6-16-8-10/h5-6,8,11,14H,2-4,7H2,1H3. The van der Waals surface area contributed by atoms with Crippen LogP contribution in [-0.2, 0) is 13.0 Å². The van der Waals surface area contributed by atoms with Gasteiger partial charge >= 0.3 is 0 Å². The number of rotatable bonds is 3. The van der Waals surface area contributed by atoms with Crippen LogP contribution in [-0.4, -0.2) is 4.98 Å². The number of aryl methyl sites for hydroxylation is 2. The third kappa shape index (κ3) is 2.44. The molecule has 2 heterocycles. The summed E-state index contributed by atoms with van der Waals surface area (Å²) in [5.41, 5.74) is 2.70. The maximum absolute atomic E-state index is 4.69. The summed E-state index contributed by atoms with van der Waals surface area (Å²) in [5.74, 6) is 0. The number of thiazole rings is 1. The van der Waals surface area contributed by atoms with Gasteiger partial charge in [0.25, 0.3) is 0 Å². The number of thiophene rings is 1. The zero-order valence-electron chi connectivity index (χ0n) is 9.90. The second-order valence-electron chi connectivity index (χ2n) is 4.50. The zero-order chi connectivity index (χ0) is 11.7. The lowest BCUT2D eigenvalue weighted by Crippen LogP contribution is -2.24. The highest BCUT2D eigenvalue weighted by atomic mass is 32.1. The molecular weight excluding hydrogens is 248 g/mol. The molecular formula is C13H16N2S2. The van der Waals surface area contributed by atoms with Crippen LogP contribution in [0.1, 0.15) is 40.0 Å². The Morgan fingerprint density at radius 2 is 2.47 bits per heavy atom. The fraction of sp³-hybridized carbons (Fsp3) is 0.462. The van der Waals surface area contributed by atoms with Gasteiger partial charge < -0.3 is 5.32 Å². The Hall–Kier alpha value is -0.710. The van der Waals surface area contributed by atoms with E-state index in [1.54, 1.807) is 11.3 Å². The van der Waals surface area contributed by atoms with Crippen molar-refractivity contribution >= 4 is 22.7 Å². The van der Waals surface area contributed by atoms with Crippen LogP contribution in [0, 0.1) is 6.92 Å². The van der Waals surface area contributed by atoms with Gasteiger partial charge in [-0.2, -0.15) is 11.3 Å². The van der Waals surface area contributed by atoms with Gasteiger partial charge in [-0.25, -0.2) is 4.98 Å². The lowest BCUT2D eigenvalue weighted by atomic mass is 9.97. The van der Waals surface area contributed by atoms with E-state index in [2.05, 4.69) is 29.1 Å². The quantitative estimate of drug-likeness (QED) is 0.914. The Bertz CT molecular complexity index is 487. The van der Waals surface area contributed by atoms with E-state index in [0.29, 0.717) is 6.04 Å². The van der Waals surface area contributed by atoms with Crippen LogP contribution < -0.4 is 5.32 Å². The van der Waals surface area contributed by atoms with Crippen LogP contribution in [0.25, 0.3) is 0 Å². The second-order valence-corrected chi connectivity index (χ2v) is 6.57.